The molecule has 0 aromatic rings. The number of nitrogens with zero attached hydrogens (tertiary/aromatic N) is 2. The molecule has 3 heteroatoms. The third kappa shape index (κ3) is 3.20. The van der Waals surface area contributed by atoms with Crippen molar-refractivity contribution in [3.05, 3.63) is 0 Å². The third-order valence-corrected chi connectivity index (χ3v) is 6.42. The number of hydrogen-bond acceptors (Lipinski definition) is 3. The number of piperidine rings is 1. The van der Waals surface area contributed by atoms with Gasteiger partial charge in [0.2, 0.25) is 0 Å². The Balaban J connectivity index is 2.00. The largest absolute Gasteiger partial charge is 0.329 e. The molecule has 3 atom stereocenters. The van der Waals surface area contributed by atoms with Crippen LogP contribution in [-0.2, 0) is 0 Å². The highest BCUT2D eigenvalue weighted by molar-refractivity contribution is 4.99. The molecule has 0 radical (unpaired) electrons. The molecule has 1 aliphatic heterocycles. The maximum absolute atomic E-state index is 6.25. The second-order valence-corrected chi connectivity index (χ2v) is 7.40. The fraction of sp³-hybridized carbons (Fsp3) is 1.00. The Morgan fingerprint density at radius 3 is 2.30 bits per heavy atom. The molecule has 2 rings (SSSR count). The van der Waals surface area contributed by atoms with E-state index in [0.29, 0.717) is 0 Å². The van der Waals surface area contributed by atoms with Crippen LogP contribution in [-0.4, -0.2) is 54.6 Å². The fourth-order valence-electron chi connectivity index (χ4n) is 4.34. The van der Waals surface area contributed by atoms with Crippen molar-refractivity contribution in [1.29, 1.82) is 0 Å². The number of rotatable bonds is 4. The van der Waals surface area contributed by atoms with E-state index in [-0.39, 0.29) is 5.54 Å². The van der Waals surface area contributed by atoms with Gasteiger partial charge < -0.3 is 10.6 Å². The first-order valence-corrected chi connectivity index (χ1v) is 8.67. The maximum atomic E-state index is 6.25. The average molecular weight is 281 g/mol. The van der Waals surface area contributed by atoms with Crippen LogP contribution in [0.15, 0.2) is 0 Å². The van der Waals surface area contributed by atoms with Gasteiger partial charge in [0.1, 0.15) is 0 Å². The Hall–Kier alpha value is -0.120. The van der Waals surface area contributed by atoms with Crippen LogP contribution in [0.3, 0.4) is 0 Å². The molecule has 3 unspecified atom stereocenters. The molecular formula is C17H35N3. The standard InChI is InChI=1S/C17H35N3/c1-5-20-10-7-16(8-11-20)19(4)17(13-18)9-6-14(2)15(3)12-17/h14-16H,5-13,18H2,1-4H3. The van der Waals surface area contributed by atoms with Crippen LogP contribution < -0.4 is 5.73 Å². The first kappa shape index (κ1) is 16.3. The summed E-state index contributed by atoms with van der Waals surface area (Å²) in [4.78, 5) is 5.26. The second kappa shape index (κ2) is 6.76. The Morgan fingerprint density at radius 1 is 1.15 bits per heavy atom. The van der Waals surface area contributed by atoms with Gasteiger partial charge in [0.25, 0.3) is 0 Å². The van der Waals surface area contributed by atoms with Crippen molar-refractivity contribution in [2.45, 2.75) is 64.5 Å². The molecule has 20 heavy (non-hydrogen) atoms. The highest BCUT2D eigenvalue weighted by Gasteiger charge is 2.42. The lowest BCUT2D eigenvalue weighted by Gasteiger charge is -2.52. The summed E-state index contributed by atoms with van der Waals surface area (Å²) >= 11 is 0. The monoisotopic (exact) mass is 281 g/mol. The van der Waals surface area contributed by atoms with Crippen molar-refractivity contribution >= 4 is 0 Å². The Bertz CT molecular complexity index is 299. The van der Waals surface area contributed by atoms with Gasteiger partial charge in [-0.2, -0.15) is 0 Å². The van der Waals surface area contributed by atoms with Gasteiger partial charge >= 0.3 is 0 Å². The zero-order chi connectivity index (χ0) is 14.8. The summed E-state index contributed by atoms with van der Waals surface area (Å²) in [5, 5.41) is 0. The zero-order valence-corrected chi connectivity index (χ0v) is 14.1. The van der Waals surface area contributed by atoms with Crippen LogP contribution in [0.2, 0.25) is 0 Å². The van der Waals surface area contributed by atoms with Crippen molar-refractivity contribution in [2.24, 2.45) is 17.6 Å². The number of hydrogen-bond donors (Lipinski definition) is 1. The molecule has 2 N–H and O–H groups in total. The lowest BCUT2D eigenvalue weighted by Crippen LogP contribution is -2.60. The molecule has 2 aliphatic rings. The van der Waals surface area contributed by atoms with Crippen molar-refractivity contribution < 1.29 is 0 Å². The molecule has 3 nitrogen and oxygen atoms in total. The molecule has 1 saturated heterocycles. The summed E-state index contributed by atoms with van der Waals surface area (Å²) in [6.07, 6.45) is 6.55. The van der Waals surface area contributed by atoms with E-state index in [1.54, 1.807) is 0 Å². The third-order valence-electron chi connectivity index (χ3n) is 6.42. The molecular weight excluding hydrogens is 246 g/mol. The molecule has 0 spiro atoms. The first-order valence-electron chi connectivity index (χ1n) is 8.67. The summed E-state index contributed by atoms with van der Waals surface area (Å²) in [6, 6.07) is 0.738. The van der Waals surface area contributed by atoms with Gasteiger partial charge in [0.15, 0.2) is 0 Å². The minimum Gasteiger partial charge on any atom is -0.329 e. The minimum atomic E-state index is 0.269. The van der Waals surface area contributed by atoms with Crippen molar-refractivity contribution in [3.63, 3.8) is 0 Å². The number of nitrogens with two attached hydrogens (primary N) is 1. The van der Waals surface area contributed by atoms with Crippen LogP contribution >= 0.6 is 0 Å². The maximum Gasteiger partial charge on any atom is 0.0334 e. The molecule has 1 heterocycles. The van der Waals surface area contributed by atoms with Crippen LogP contribution in [0, 0.1) is 11.8 Å². The Kier molecular flexibility index (Phi) is 5.49. The number of likely N-dealkylation sites (N-methyl/N-ethyl adjacent to an activating group) is 1. The summed E-state index contributed by atoms with van der Waals surface area (Å²) < 4.78 is 0. The quantitative estimate of drug-likeness (QED) is 0.859. The van der Waals surface area contributed by atoms with Crippen molar-refractivity contribution in [1.82, 2.24) is 9.80 Å². The van der Waals surface area contributed by atoms with Gasteiger partial charge in [-0.1, -0.05) is 20.8 Å². The average Bonchev–Trinajstić information content (AvgIpc) is 2.49. The van der Waals surface area contributed by atoms with Gasteiger partial charge in [-0.3, -0.25) is 4.90 Å². The molecule has 2 fully saturated rings. The van der Waals surface area contributed by atoms with Crippen LogP contribution in [0.5, 0.6) is 0 Å². The summed E-state index contributed by atoms with van der Waals surface area (Å²) in [6.45, 7) is 11.7. The van der Waals surface area contributed by atoms with Crippen LogP contribution in [0.1, 0.15) is 52.9 Å². The molecule has 0 amide bonds. The first-order chi connectivity index (χ1) is 9.52. The van der Waals surface area contributed by atoms with Gasteiger partial charge in [-0.15, -0.1) is 0 Å². The molecule has 0 bridgehead atoms. The lowest BCUT2D eigenvalue weighted by atomic mass is 9.70. The summed E-state index contributed by atoms with van der Waals surface area (Å²) in [7, 11) is 2.35. The topological polar surface area (TPSA) is 32.5 Å². The molecule has 118 valence electrons. The van der Waals surface area contributed by atoms with E-state index in [0.717, 1.165) is 24.4 Å². The predicted molar refractivity (Wildman–Crippen MR) is 86.9 cm³/mol. The van der Waals surface area contributed by atoms with E-state index in [2.05, 4.69) is 37.6 Å². The molecule has 0 aromatic carbocycles. The lowest BCUT2D eigenvalue weighted by molar-refractivity contribution is -0.00842. The van der Waals surface area contributed by atoms with E-state index in [1.165, 1.54) is 51.7 Å². The SMILES string of the molecule is CCN1CCC(N(C)C2(CN)CCC(C)C(C)C2)CC1. The highest BCUT2D eigenvalue weighted by atomic mass is 15.2. The summed E-state index contributed by atoms with van der Waals surface area (Å²) in [5.74, 6) is 1.68. The molecule has 1 aliphatic carbocycles. The van der Waals surface area contributed by atoms with E-state index < -0.39 is 0 Å². The normalized spacial score (nSPS) is 37.5. The second-order valence-electron chi connectivity index (χ2n) is 7.40. The van der Waals surface area contributed by atoms with Crippen LogP contribution in [0.4, 0.5) is 0 Å². The van der Waals surface area contributed by atoms with Gasteiger partial charge in [-0.05, 0) is 70.6 Å². The Morgan fingerprint density at radius 2 is 1.80 bits per heavy atom. The number of likely N-dealkylation sites (tertiary alicyclic amines) is 1. The smallest absolute Gasteiger partial charge is 0.0334 e. The fourth-order valence-corrected chi connectivity index (χ4v) is 4.34. The van der Waals surface area contributed by atoms with Gasteiger partial charge in [0, 0.05) is 18.1 Å². The summed E-state index contributed by atoms with van der Waals surface area (Å²) in [5.41, 5.74) is 6.52. The predicted octanol–water partition coefficient (Wildman–Crippen LogP) is 2.56. The van der Waals surface area contributed by atoms with E-state index >= 15 is 0 Å². The van der Waals surface area contributed by atoms with Gasteiger partial charge in [0.05, 0.1) is 0 Å². The Labute approximate surface area is 125 Å². The van der Waals surface area contributed by atoms with Crippen LogP contribution in [0.25, 0.3) is 0 Å². The van der Waals surface area contributed by atoms with E-state index in [4.69, 9.17) is 5.73 Å². The highest BCUT2D eigenvalue weighted by Crippen LogP contribution is 2.40. The van der Waals surface area contributed by atoms with E-state index in [1.807, 2.05) is 0 Å². The molecule has 0 aromatic heterocycles. The van der Waals surface area contributed by atoms with Gasteiger partial charge in [-0.25, -0.2) is 0 Å². The van der Waals surface area contributed by atoms with E-state index in [9.17, 15) is 0 Å². The zero-order valence-electron chi connectivity index (χ0n) is 14.1. The van der Waals surface area contributed by atoms with Crippen molar-refractivity contribution in [2.75, 3.05) is 33.2 Å². The molecule has 1 saturated carbocycles. The minimum absolute atomic E-state index is 0.269. The van der Waals surface area contributed by atoms with Crippen molar-refractivity contribution in [3.8, 4) is 0 Å².